The summed E-state index contributed by atoms with van der Waals surface area (Å²) >= 11 is 0. The van der Waals surface area contributed by atoms with E-state index in [1.165, 1.54) is 7.11 Å². The van der Waals surface area contributed by atoms with Crippen LogP contribution in [0, 0.1) is 17.1 Å². The molecule has 102 valence electrons. The van der Waals surface area contributed by atoms with Crippen molar-refractivity contribution < 1.29 is 9.13 Å². The van der Waals surface area contributed by atoms with Gasteiger partial charge in [-0.1, -0.05) is 6.07 Å². The van der Waals surface area contributed by atoms with Gasteiger partial charge in [0.2, 0.25) is 5.95 Å². The van der Waals surface area contributed by atoms with Crippen LogP contribution in [0.2, 0.25) is 0 Å². The molecule has 0 bridgehead atoms. The van der Waals surface area contributed by atoms with Crippen LogP contribution in [0.3, 0.4) is 0 Å². The number of ether oxygens (including phenoxy) is 1. The summed E-state index contributed by atoms with van der Waals surface area (Å²) in [5.41, 5.74) is 2.83. The molecule has 0 atom stereocenters. The number of hydrogen-bond acceptors (Lipinski definition) is 7. The van der Waals surface area contributed by atoms with E-state index in [-0.39, 0.29) is 11.8 Å². The number of nitrogen functional groups attached to an aromatic ring is 1. The lowest BCUT2D eigenvalue weighted by Gasteiger charge is -2.12. The Hall–Kier alpha value is -2.92. The Labute approximate surface area is 114 Å². The number of anilines is 3. The van der Waals surface area contributed by atoms with Gasteiger partial charge < -0.3 is 10.1 Å². The molecule has 0 fully saturated rings. The fourth-order valence-electron chi connectivity index (χ4n) is 1.57. The van der Waals surface area contributed by atoms with Gasteiger partial charge in [0.25, 0.3) is 0 Å². The third-order valence-corrected chi connectivity index (χ3v) is 2.48. The summed E-state index contributed by atoms with van der Waals surface area (Å²) in [6.45, 7) is 0. The number of nitrogens with one attached hydrogen (secondary N) is 2. The van der Waals surface area contributed by atoms with Gasteiger partial charge in [-0.15, -0.1) is 0 Å². The number of nitrogens with two attached hydrogens (primary N) is 1. The zero-order valence-corrected chi connectivity index (χ0v) is 10.5. The van der Waals surface area contributed by atoms with E-state index < -0.39 is 5.82 Å². The number of methoxy groups -OCH3 is 1. The summed E-state index contributed by atoms with van der Waals surface area (Å²) in [4.78, 5) is 7.46. The fourth-order valence-corrected chi connectivity index (χ4v) is 1.57. The summed E-state index contributed by atoms with van der Waals surface area (Å²) in [6, 6.07) is 6.87. The maximum atomic E-state index is 13.7. The molecule has 0 aliphatic carbocycles. The van der Waals surface area contributed by atoms with Crippen molar-refractivity contribution in [3.8, 4) is 11.8 Å². The molecule has 0 unspecified atom stereocenters. The fraction of sp³-hybridized carbons (Fsp3) is 0.0833. The van der Waals surface area contributed by atoms with E-state index in [1.54, 1.807) is 18.2 Å². The lowest BCUT2D eigenvalue weighted by Crippen LogP contribution is -2.12. The number of hydrazine groups is 1. The van der Waals surface area contributed by atoms with Crippen LogP contribution in [0.5, 0.6) is 5.75 Å². The van der Waals surface area contributed by atoms with Gasteiger partial charge in [0.1, 0.15) is 17.5 Å². The molecule has 0 saturated heterocycles. The Morgan fingerprint density at radius 1 is 1.45 bits per heavy atom. The van der Waals surface area contributed by atoms with E-state index in [1.807, 2.05) is 6.07 Å². The predicted molar refractivity (Wildman–Crippen MR) is 70.8 cm³/mol. The van der Waals surface area contributed by atoms with Crippen molar-refractivity contribution in [2.75, 3.05) is 17.9 Å². The maximum Gasteiger partial charge on any atom is 0.239 e. The summed E-state index contributed by atoms with van der Waals surface area (Å²) in [5.74, 6) is 4.81. The van der Waals surface area contributed by atoms with E-state index in [2.05, 4.69) is 20.7 Å². The van der Waals surface area contributed by atoms with Crippen molar-refractivity contribution in [3.63, 3.8) is 0 Å². The smallest absolute Gasteiger partial charge is 0.239 e. The van der Waals surface area contributed by atoms with Crippen molar-refractivity contribution in [2.24, 2.45) is 5.84 Å². The molecule has 0 radical (unpaired) electrons. The molecule has 1 heterocycles. The molecule has 0 aliphatic rings. The van der Waals surface area contributed by atoms with Gasteiger partial charge in [-0.3, -0.25) is 5.43 Å². The molecule has 0 amide bonds. The van der Waals surface area contributed by atoms with E-state index in [4.69, 9.17) is 15.8 Å². The average molecular weight is 274 g/mol. The lowest BCUT2D eigenvalue weighted by molar-refractivity contribution is 0.416. The average Bonchev–Trinajstić information content (AvgIpc) is 2.49. The highest BCUT2D eigenvalue weighted by Crippen LogP contribution is 2.31. The second-order valence-corrected chi connectivity index (χ2v) is 3.65. The van der Waals surface area contributed by atoms with Crippen molar-refractivity contribution in [1.29, 1.82) is 5.26 Å². The van der Waals surface area contributed by atoms with Gasteiger partial charge in [-0.2, -0.15) is 10.2 Å². The van der Waals surface area contributed by atoms with Crippen LogP contribution in [0.4, 0.5) is 21.8 Å². The van der Waals surface area contributed by atoms with Crippen LogP contribution in [-0.2, 0) is 0 Å². The minimum absolute atomic E-state index is 0.0438. The highest BCUT2D eigenvalue weighted by Gasteiger charge is 2.13. The van der Waals surface area contributed by atoms with Crippen LogP contribution in [-0.4, -0.2) is 17.1 Å². The van der Waals surface area contributed by atoms with Gasteiger partial charge >= 0.3 is 0 Å². The molecule has 0 spiro atoms. The maximum absolute atomic E-state index is 13.7. The number of nitriles is 1. The first kappa shape index (κ1) is 13.5. The Balaban J connectivity index is 2.47. The standard InChI is InChI=1S/C12H11FN6O/c1-20-9-4-2-3-7(5-14)10(9)17-11-8(13)6-16-12(18-11)19-15/h2-4,6H,15H2,1H3,(H2,16,17,18,19). The Bertz CT molecular complexity index is 669. The van der Waals surface area contributed by atoms with Crippen molar-refractivity contribution >= 4 is 17.5 Å². The summed E-state index contributed by atoms with van der Waals surface area (Å²) in [6.07, 6.45) is 0.964. The molecule has 8 heteroatoms. The second kappa shape index (κ2) is 5.81. The van der Waals surface area contributed by atoms with Gasteiger partial charge in [0.05, 0.1) is 18.9 Å². The SMILES string of the molecule is COc1cccc(C#N)c1Nc1nc(NN)ncc1F. The molecule has 1 aromatic carbocycles. The summed E-state index contributed by atoms with van der Waals surface area (Å²) in [7, 11) is 1.45. The van der Waals surface area contributed by atoms with Crippen molar-refractivity contribution in [2.45, 2.75) is 0 Å². The predicted octanol–water partition coefficient (Wildman–Crippen LogP) is 1.53. The Morgan fingerprint density at radius 3 is 2.90 bits per heavy atom. The number of para-hydroxylation sites is 1. The minimum Gasteiger partial charge on any atom is -0.495 e. The van der Waals surface area contributed by atoms with E-state index in [9.17, 15) is 4.39 Å². The van der Waals surface area contributed by atoms with Crippen molar-refractivity contribution in [1.82, 2.24) is 9.97 Å². The first-order chi connectivity index (χ1) is 9.69. The van der Waals surface area contributed by atoms with E-state index >= 15 is 0 Å². The quantitative estimate of drug-likeness (QED) is 0.573. The third kappa shape index (κ3) is 2.57. The van der Waals surface area contributed by atoms with Gasteiger partial charge in [-0.05, 0) is 12.1 Å². The van der Waals surface area contributed by atoms with Crippen LogP contribution >= 0.6 is 0 Å². The minimum atomic E-state index is -0.682. The highest BCUT2D eigenvalue weighted by atomic mass is 19.1. The number of halogens is 1. The van der Waals surface area contributed by atoms with Crippen LogP contribution in [0.15, 0.2) is 24.4 Å². The molecule has 7 nitrogen and oxygen atoms in total. The molecular formula is C12H11FN6O. The zero-order chi connectivity index (χ0) is 14.5. The first-order valence-corrected chi connectivity index (χ1v) is 5.53. The molecule has 4 N–H and O–H groups in total. The number of benzene rings is 1. The molecule has 20 heavy (non-hydrogen) atoms. The zero-order valence-electron chi connectivity index (χ0n) is 10.5. The van der Waals surface area contributed by atoms with E-state index in [0.29, 0.717) is 17.0 Å². The van der Waals surface area contributed by atoms with Crippen LogP contribution in [0.1, 0.15) is 5.56 Å². The summed E-state index contributed by atoms with van der Waals surface area (Å²) in [5, 5.41) is 11.8. The molecule has 1 aromatic heterocycles. The van der Waals surface area contributed by atoms with E-state index in [0.717, 1.165) is 6.20 Å². The molecule has 2 aromatic rings. The normalized spacial score (nSPS) is 9.70. The molecule has 0 saturated carbocycles. The lowest BCUT2D eigenvalue weighted by atomic mass is 10.2. The highest BCUT2D eigenvalue weighted by molar-refractivity contribution is 5.72. The van der Waals surface area contributed by atoms with Crippen molar-refractivity contribution in [3.05, 3.63) is 35.8 Å². The van der Waals surface area contributed by atoms with Gasteiger partial charge in [0.15, 0.2) is 11.6 Å². The molecular weight excluding hydrogens is 263 g/mol. The second-order valence-electron chi connectivity index (χ2n) is 3.65. The summed E-state index contributed by atoms with van der Waals surface area (Å²) < 4.78 is 18.8. The van der Waals surface area contributed by atoms with Gasteiger partial charge in [0, 0.05) is 0 Å². The molecule has 0 aliphatic heterocycles. The Kier molecular flexibility index (Phi) is 3.93. The number of rotatable bonds is 4. The van der Waals surface area contributed by atoms with Gasteiger partial charge in [-0.25, -0.2) is 15.2 Å². The molecule has 2 rings (SSSR count). The third-order valence-electron chi connectivity index (χ3n) is 2.48. The van der Waals surface area contributed by atoms with Crippen LogP contribution < -0.4 is 21.3 Å². The monoisotopic (exact) mass is 274 g/mol. The number of aromatic nitrogens is 2. The number of hydrogen-bond donors (Lipinski definition) is 3. The number of nitrogens with zero attached hydrogens (tertiary/aromatic N) is 3. The van der Waals surface area contributed by atoms with Crippen LogP contribution in [0.25, 0.3) is 0 Å². The topological polar surface area (TPSA) is 109 Å². The Morgan fingerprint density at radius 2 is 2.25 bits per heavy atom. The largest absolute Gasteiger partial charge is 0.495 e. The first-order valence-electron chi connectivity index (χ1n) is 5.53.